The van der Waals surface area contributed by atoms with E-state index in [0.29, 0.717) is 5.92 Å². The third kappa shape index (κ3) is 1.54. The van der Waals surface area contributed by atoms with Crippen molar-refractivity contribution in [2.24, 2.45) is 0 Å². The van der Waals surface area contributed by atoms with E-state index in [9.17, 15) is 0 Å². The zero-order chi connectivity index (χ0) is 7.90. The first kappa shape index (κ1) is 7.87. The smallest absolute Gasteiger partial charge is 0.103 e. The molecule has 1 saturated carbocycles. The molecule has 0 aromatic heterocycles. The van der Waals surface area contributed by atoms with Crippen molar-refractivity contribution in [3.8, 4) is 0 Å². The maximum Gasteiger partial charge on any atom is 0.103 e. The van der Waals surface area contributed by atoms with Crippen LogP contribution in [-0.2, 0) is 0 Å². The summed E-state index contributed by atoms with van der Waals surface area (Å²) < 4.78 is 0.0130. The van der Waals surface area contributed by atoms with E-state index in [0.717, 1.165) is 6.42 Å². The summed E-state index contributed by atoms with van der Waals surface area (Å²) in [5.74, 6) is 0.575. The van der Waals surface area contributed by atoms with E-state index in [2.05, 4.69) is 46.9 Å². The molecule has 0 heterocycles. The Balaban J connectivity index is 2.21. The van der Waals surface area contributed by atoms with Crippen LogP contribution in [0.3, 0.4) is 0 Å². The summed E-state index contributed by atoms with van der Waals surface area (Å²) in [5, 5.41) is 0. The van der Waals surface area contributed by atoms with E-state index in [4.69, 9.17) is 11.6 Å². The topological polar surface area (TPSA) is 0 Å². The summed E-state index contributed by atoms with van der Waals surface area (Å²) in [6.45, 7) is 0. The lowest BCUT2D eigenvalue weighted by Crippen LogP contribution is -1.87. The van der Waals surface area contributed by atoms with Crippen LogP contribution in [0, 0.1) is 0 Å². The van der Waals surface area contributed by atoms with Crippen molar-refractivity contribution in [1.29, 1.82) is 0 Å². The van der Waals surface area contributed by atoms with Gasteiger partial charge in [0, 0.05) is 5.92 Å². The average Bonchev–Trinajstić information content (AvgIpc) is 2.62. The predicted molar refractivity (Wildman–Crippen MR) is 56.4 cm³/mol. The fraction of sp³-hybridized carbons (Fsp3) is 0.333. The third-order valence-corrected chi connectivity index (χ3v) is 3.64. The molecule has 0 N–H and O–H groups in total. The lowest BCUT2D eigenvalue weighted by atomic mass is 10.1. The zero-order valence-corrected chi connectivity index (χ0v) is 8.84. The molecule has 0 amide bonds. The van der Waals surface area contributed by atoms with Crippen LogP contribution in [0.25, 0.3) is 0 Å². The molecule has 1 unspecified atom stereocenters. The zero-order valence-electron chi connectivity index (χ0n) is 5.93. The first-order valence-corrected chi connectivity index (χ1v) is 5.08. The van der Waals surface area contributed by atoms with Crippen LogP contribution in [-0.4, -0.2) is 2.88 Å². The minimum absolute atomic E-state index is 0.0130. The van der Waals surface area contributed by atoms with Gasteiger partial charge in [-0.25, -0.2) is 0 Å². The first-order valence-electron chi connectivity index (χ1n) is 3.63. The molecule has 0 aliphatic heterocycles. The van der Waals surface area contributed by atoms with Crippen LogP contribution in [0.2, 0.25) is 0 Å². The van der Waals surface area contributed by atoms with E-state index in [1.54, 1.807) is 0 Å². The average molecular weight is 279 g/mol. The maximum absolute atomic E-state index is 6.13. The number of halogens is 2. The Kier molecular flexibility index (Phi) is 1.88. The van der Waals surface area contributed by atoms with Gasteiger partial charge < -0.3 is 0 Å². The van der Waals surface area contributed by atoms with Crippen LogP contribution >= 0.6 is 34.2 Å². The van der Waals surface area contributed by atoms with Gasteiger partial charge in [0.1, 0.15) is 2.88 Å². The Morgan fingerprint density at radius 3 is 2.36 bits per heavy atom. The normalized spacial score (nSPS) is 35.3. The second-order valence-corrected chi connectivity index (χ2v) is 6.17. The molecule has 1 fully saturated rings. The van der Waals surface area contributed by atoms with Crippen molar-refractivity contribution in [3.05, 3.63) is 35.9 Å². The van der Waals surface area contributed by atoms with Gasteiger partial charge in [-0.05, 0) is 12.0 Å². The molecule has 0 radical (unpaired) electrons. The summed E-state index contributed by atoms with van der Waals surface area (Å²) in [5.41, 5.74) is 1.37. The Labute approximate surface area is 85.1 Å². The molecule has 1 aliphatic rings. The van der Waals surface area contributed by atoms with Crippen LogP contribution in [0.5, 0.6) is 0 Å². The number of benzene rings is 1. The van der Waals surface area contributed by atoms with Gasteiger partial charge in [0.05, 0.1) is 0 Å². The highest BCUT2D eigenvalue weighted by molar-refractivity contribution is 14.1. The first-order chi connectivity index (χ1) is 5.20. The molecule has 0 bridgehead atoms. The van der Waals surface area contributed by atoms with Crippen molar-refractivity contribution in [2.75, 3.05) is 0 Å². The van der Waals surface area contributed by atoms with E-state index in [-0.39, 0.29) is 2.88 Å². The van der Waals surface area contributed by atoms with E-state index >= 15 is 0 Å². The Morgan fingerprint density at radius 1 is 1.36 bits per heavy atom. The Hall–Kier alpha value is 0.240. The van der Waals surface area contributed by atoms with Gasteiger partial charge >= 0.3 is 0 Å². The van der Waals surface area contributed by atoms with Crippen LogP contribution in [0.4, 0.5) is 0 Å². The lowest BCUT2D eigenvalue weighted by molar-refractivity contribution is 1.12. The van der Waals surface area contributed by atoms with Crippen molar-refractivity contribution in [2.45, 2.75) is 15.2 Å². The van der Waals surface area contributed by atoms with E-state index < -0.39 is 0 Å². The number of hydrogen-bond donors (Lipinski definition) is 0. The van der Waals surface area contributed by atoms with E-state index in [1.807, 2.05) is 6.07 Å². The number of hydrogen-bond acceptors (Lipinski definition) is 0. The molecule has 1 aromatic rings. The van der Waals surface area contributed by atoms with Crippen molar-refractivity contribution in [1.82, 2.24) is 0 Å². The molecule has 2 rings (SSSR count). The number of rotatable bonds is 1. The molecule has 11 heavy (non-hydrogen) atoms. The van der Waals surface area contributed by atoms with Crippen LogP contribution in [0.1, 0.15) is 17.9 Å². The summed E-state index contributed by atoms with van der Waals surface area (Å²) >= 11 is 8.45. The molecule has 1 aliphatic carbocycles. The predicted octanol–water partition coefficient (Wildman–Crippen LogP) is 3.54. The van der Waals surface area contributed by atoms with Gasteiger partial charge in [-0.15, -0.1) is 11.6 Å². The lowest BCUT2D eigenvalue weighted by Gasteiger charge is -1.98. The molecule has 58 valence electrons. The van der Waals surface area contributed by atoms with Gasteiger partial charge in [-0.3, -0.25) is 0 Å². The third-order valence-electron chi connectivity index (χ3n) is 2.03. The van der Waals surface area contributed by atoms with Crippen molar-refractivity contribution >= 4 is 34.2 Å². The second-order valence-electron chi connectivity index (χ2n) is 2.93. The van der Waals surface area contributed by atoms with E-state index in [1.165, 1.54) is 5.56 Å². The maximum atomic E-state index is 6.13. The van der Waals surface area contributed by atoms with Crippen molar-refractivity contribution < 1.29 is 0 Å². The largest absolute Gasteiger partial charge is 0.107 e. The summed E-state index contributed by atoms with van der Waals surface area (Å²) in [6, 6.07) is 10.5. The SMILES string of the molecule is ClC1(I)C[C@@H]1c1ccccc1. The highest BCUT2D eigenvalue weighted by atomic mass is 127. The monoisotopic (exact) mass is 278 g/mol. The standard InChI is InChI=1S/C9H8ClI/c10-9(11)6-8(9)7-4-2-1-3-5-7/h1-5,8H,6H2/t8-,9?/m1/s1. The fourth-order valence-corrected chi connectivity index (χ4v) is 2.34. The second kappa shape index (κ2) is 2.63. The highest BCUT2D eigenvalue weighted by Crippen LogP contribution is 2.61. The quantitative estimate of drug-likeness (QED) is 0.544. The Morgan fingerprint density at radius 2 is 1.91 bits per heavy atom. The van der Waals surface area contributed by atoms with Gasteiger partial charge in [0.2, 0.25) is 0 Å². The van der Waals surface area contributed by atoms with Gasteiger partial charge in [0.25, 0.3) is 0 Å². The molecule has 0 saturated heterocycles. The van der Waals surface area contributed by atoms with Gasteiger partial charge in [0.15, 0.2) is 0 Å². The Bertz CT molecular complexity index is 256. The van der Waals surface area contributed by atoms with Gasteiger partial charge in [-0.2, -0.15) is 0 Å². The summed E-state index contributed by atoms with van der Waals surface area (Å²) in [7, 11) is 0. The highest BCUT2D eigenvalue weighted by Gasteiger charge is 2.51. The molecular weight excluding hydrogens is 270 g/mol. The molecule has 2 atom stereocenters. The van der Waals surface area contributed by atoms with Gasteiger partial charge in [-0.1, -0.05) is 52.9 Å². The number of alkyl halides is 2. The summed E-state index contributed by atoms with van der Waals surface area (Å²) in [6.07, 6.45) is 1.11. The fourth-order valence-electron chi connectivity index (χ4n) is 1.26. The summed E-state index contributed by atoms with van der Waals surface area (Å²) in [4.78, 5) is 0. The van der Waals surface area contributed by atoms with Crippen LogP contribution in [0.15, 0.2) is 30.3 Å². The molecular formula is C9H8ClI. The van der Waals surface area contributed by atoms with Crippen LogP contribution < -0.4 is 0 Å². The minimum atomic E-state index is 0.0130. The molecule has 1 aromatic carbocycles. The molecule has 2 heteroatoms. The minimum Gasteiger partial charge on any atom is -0.107 e. The van der Waals surface area contributed by atoms with Crippen molar-refractivity contribution in [3.63, 3.8) is 0 Å². The molecule has 0 nitrogen and oxygen atoms in total. The molecule has 0 spiro atoms.